The number of carbonyl (C=O) groups is 1. The Kier molecular flexibility index (Phi) is 6.17. The number of alkyl halides is 1. The summed E-state index contributed by atoms with van der Waals surface area (Å²) in [6.07, 6.45) is 0. The number of rotatable bonds is 6. The van der Waals surface area contributed by atoms with E-state index in [0.29, 0.717) is 10.6 Å². The average Bonchev–Trinajstić information content (AvgIpc) is 2.59. The molecule has 0 aliphatic heterocycles. The first-order chi connectivity index (χ1) is 11.1. The van der Waals surface area contributed by atoms with E-state index in [1.807, 2.05) is 0 Å². The number of hydrazone groups is 1. The van der Waals surface area contributed by atoms with Crippen molar-refractivity contribution in [3.63, 3.8) is 0 Å². The Morgan fingerprint density at radius 3 is 2.35 bits per heavy atom. The van der Waals surface area contributed by atoms with Crippen LogP contribution in [0.1, 0.15) is 12.5 Å². The van der Waals surface area contributed by atoms with Gasteiger partial charge >= 0.3 is 0 Å². The molecule has 1 N–H and O–H groups in total. The fraction of sp³-hybridized carbons (Fsp3) is 0.176. The minimum Gasteiger partial charge on any atom is -0.497 e. The second-order valence-corrected chi connectivity index (χ2v) is 5.76. The molecule has 0 saturated carbocycles. The predicted molar refractivity (Wildman–Crippen MR) is 91.8 cm³/mol. The van der Waals surface area contributed by atoms with Crippen molar-refractivity contribution in [1.29, 1.82) is 0 Å². The number of carbonyl (C=O) groups excluding carboxylic acids is 1. The summed E-state index contributed by atoms with van der Waals surface area (Å²) in [6, 6.07) is 14.1. The molecule has 0 amide bonds. The standard InChI is InChI=1S/C17H17FN2O2S/c1-12(21)17(23-16-9-3-13(11-18)4-10-16)20-19-14-5-7-15(22-2)8-6-14/h3-10,19H,11H2,1-2H3. The third-order valence-corrected chi connectivity index (χ3v) is 4.05. The number of thioether (sulfide) groups is 1. The molecular formula is C17H17FN2O2S. The third kappa shape index (κ3) is 5.10. The lowest BCUT2D eigenvalue weighted by Gasteiger charge is -2.06. The fourth-order valence-corrected chi connectivity index (χ4v) is 2.44. The molecule has 2 rings (SSSR count). The van der Waals surface area contributed by atoms with Crippen LogP contribution in [-0.2, 0) is 11.5 Å². The summed E-state index contributed by atoms with van der Waals surface area (Å²) >= 11 is 1.23. The Balaban J connectivity index is 2.08. The van der Waals surface area contributed by atoms with Crippen molar-refractivity contribution in [2.24, 2.45) is 5.10 Å². The molecule has 2 aromatic rings. The second kappa shape index (κ2) is 8.33. The minimum absolute atomic E-state index is 0.148. The molecule has 6 heteroatoms. The Morgan fingerprint density at radius 1 is 1.17 bits per heavy atom. The molecule has 0 aromatic heterocycles. The van der Waals surface area contributed by atoms with Gasteiger partial charge in [0.05, 0.1) is 12.8 Å². The van der Waals surface area contributed by atoms with E-state index in [2.05, 4.69) is 10.5 Å². The van der Waals surface area contributed by atoms with Gasteiger partial charge in [-0.1, -0.05) is 23.9 Å². The quantitative estimate of drug-likeness (QED) is 0.371. The highest BCUT2D eigenvalue weighted by molar-refractivity contribution is 8.15. The number of nitrogens with one attached hydrogen (secondary N) is 1. The zero-order valence-corrected chi connectivity index (χ0v) is 13.7. The summed E-state index contributed by atoms with van der Waals surface area (Å²) in [6.45, 7) is 0.953. The first-order valence-corrected chi connectivity index (χ1v) is 7.75. The van der Waals surface area contributed by atoms with Gasteiger partial charge in [-0.2, -0.15) is 5.10 Å². The Labute approximate surface area is 138 Å². The van der Waals surface area contributed by atoms with Crippen molar-refractivity contribution in [3.05, 3.63) is 54.1 Å². The number of halogens is 1. The number of benzene rings is 2. The number of Topliss-reactive ketones (excluding diaryl/α,β-unsaturated/α-hetero) is 1. The van der Waals surface area contributed by atoms with Crippen LogP contribution in [0.4, 0.5) is 10.1 Å². The van der Waals surface area contributed by atoms with E-state index in [0.717, 1.165) is 16.3 Å². The molecule has 0 unspecified atom stereocenters. The van der Waals surface area contributed by atoms with Gasteiger partial charge in [0.15, 0.2) is 10.8 Å². The third-order valence-electron chi connectivity index (χ3n) is 2.97. The van der Waals surface area contributed by atoms with Gasteiger partial charge in [-0.25, -0.2) is 4.39 Å². The predicted octanol–water partition coefficient (Wildman–Crippen LogP) is 4.27. The lowest BCUT2D eigenvalue weighted by molar-refractivity contribution is -0.110. The van der Waals surface area contributed by atoms with Gasteiger partial charge in [0.2, 0.25) is 0 Å². The van der Waals surface area contributed by atoms with E-state index < -0.39 is 6.67 Å². The Morgan fingerprint density at radius 2 is 1.83 bits per heavy atom. The molecule has 4 nitrogen and oxygen atoms in total. The maximum atomic E-state index is 12.5. The van der Waals surface area contributed by atoms with Gasteiger partial charge < -0.3 is 4.74 Å². The molecular weight excluding hydrogens is 315 g/mol. The van der Waals surface area contributed by atoms with Crippen LogP contribution in [-0.4, -0.2) is 17.9 Å². The lowest BCUT2D eigenvalue weighted by Crippen LogP contribution is -2.08. The number of nitrogens with zero attached hydrogens (tertiary/aromatic N) is 1. The molecule has 0 fully saturated rings. The molecule has 0 aliphatic carbocycles. The van der Waals surface area contributed by atoms with Gasteiger partial charge in [-0.05, 0) is 42.0 Å². The fourth-order valence-electron chi connectivity index (χ4n) is 1.71. The number of hydrogen-bond donors (Lipinski definition) is 1. The largest absolute Gasteiger partial charge is 0.497 e. The van der Waals surface area contributed by atoms with Gasteiger partial charge in [0.25, 0.3) is 0 Å². The maximum absolute atomic E-state index is 12.5. The van der Waals surface area contributed by atoms with Gasteiger partial charge in [0.1, 0.15) is 12.4 Å². The second-order valence-electron chi connectivity index (χ2n) is 4.69. The summed E-state index contributed by atoms with van der Waals surface area (Å²) in [5, 5.41) is 4.48. The molecule has 0 aliphatic rings. The SMILES string of the molecule is COc1ccc(NN=C(Sc2ccc(CF)cc2)C(C)=O)cc1. The molecule has 23 heavy (non-hydrogen) atoms. The molecule has 0 atom stereocenters. The van der Waals surface area contributed by atoms with Crippen LogP contribution < -0.4 is 10.2 Å². The first-order valence-electron chi connectivity index (χ1n) is 6.94. The van der Waals surface area contributed by atoms with E-state index >= 15 is 0 Å². The summed E-state index contributed by atoms with van der Waals surface area (Å²) < 4.78 is 17.6. The van der Waals surface area contributed by atoms with Crippen LogP contribution in [0.3, 0.4) is 0 Å². The van der Waals surface area contributed by atoms with Crippen molar-refractivity contribution in [1.82, 2.24) is 0 Å². The van der Waals surface area contributed by atoms with Crippen LogP contribution in [0.25, 0.3) is 0 Å². The van der Waals surface area contributed by atoms with Crippen LogP contribution in [0.2, 0.25) is 0 Å². The van der Waals surface area contributed by atoms with Crippen molar-refractivity contribution >= 4 is 28.3 Å². The number of ether oxygens (including phenoxy) is 1. The zero-order chi connectivity index (χ0) is 16.7. The van der Waals surface area contributed by atoms with E-state index in [4.69, 9.17) is 4.74 Å². The average molecular weight is 332 g/mol. The van der Waals surface area contributed by atoms with Crippen molar-refractivity contribution in [2.75, 3.05) is 12.5 Å². The number of anilines is 1. The van der Waals surface area contributed by atoms with Crippen LogP contribution in [0.15, 0.2) is 58.5 Å². The van der Waals surface area contributed by atoms with Crippen LogP contribution in [0.5, 0.6) is 5.75 Å². The van der Waals surface area contributed by atoms with E-state index in [-0.39, 0.29) is 5.78 Å². The molecule has 0 saturated heterocycles. The van der Waals surface area contributed by atoms with Crippen LogP contribution in [0, 0.1) is 0 Å². The maximum Gasteiger partial charge on any atom is 0.186 e. The summed E-state index contributed by atoms with van der Waals surface area (Å²) in [4.78, 5) is 12.5. The number of ketones is 1. The molecule has 0 spiro atoms. The van der Waals surface area contributed by atoms with Crippen molar-refractivity contribution in [2.45, 2.75) is 18.5 Å². The molecule has 2 aromatic carbocycles. The van der Waals surface area contributed by atoms with Gasteiger partial charge in [0, 0.05) is 11.8 Å². The normalized spacial score (nSPS) is 11.2. The molecule has 120 valence electrons. The highest BCUT2D eigenvalue weighted by atomic mass is 32.2. The summed E-state index contributed by atoms with van der Waals surface area (Å²) in [5.41, 5.74) is 4.20. The zero-order valence-electron chi connectivity index (χ0n) is 12.9. The van der Waals surface area contributed by atoms with E-state index in [1.165, 1.54) is 18.7 Å². The van der Waals surface area contributed by atoms with Crippen LogP contribution >= 0.6 is 11.8 Å². The summed E-state index contributed by atoms with van der Waals surface area (Å²) in [5.74, 6) is 0.597. The topological polar surface area (TPSA) is 50.7 Å². The van der Waals surface area contributed by atoms with E-state index in [9.17, 15) is 9.18 Å². The van der Waals surface area contributed by atoms with Gasteiger partial charge in [-0.15, -0.1) is 0 Å². The highest BCUT2D eigenvalue weighted by Gasteiger charge is 2.09. The van der Waals surface area contributed by atoms with Gasteiger partial charge in [-0.3, -0.25) is 10.2 Å². The first kappa shape index (κ1) is 17.0. The monoisotopic (exact) mass is 332 g/mol. The number of hydrogen-bond acceptors (Lipinski definition) is 5. The van der Waals surface area contributed by atoms with Crippen molar-refractivity contribution in [3.8, 4) is 5.75 Å². The molecule has 0 heterocycles. The van der Waals surface area contributed by atoms with Crippen molar-refractivity contribution < 1.29 is 13.9 Å². The smallest absolute Gasteiger partial charge is 0.186 e. The Hall–Kier alpha value is -2.34. The summed E-state index contributed by atoms with van der Waals surface area (Å²) in [7, 11) is 1.60. The Bertz CT molecular complexity index is 685. The lowest BCUT2D eigenvalue weighted by atomic mass is 10.2. The molecule has 0 bridgehead atoms. The van der Waals surface area contributed by atoms with E-state index in [1.54, 1.807) is 55.6 Å². The minimum atomic E-state index is -0.502. The highest BCUT2D eigenvalue weighted by Crippen LogP contribution is 2.22. The molecule has 0 radical (unpaired) electrons. The number of methoxy groups -OCH3 is 1.